The highest BCUT2D eigenvalue weighted by molar-refractivity contribution is 6.06. The minimum Gasteiger partial charge on any atom is -0.461 e. The molecule has 1 aromatic heterocycles. The van der Waals surface area contributed by atoms with Crippen LogP contribution in [0.5, 0.6) is 0 Å². The molecule has 0 spiro atoms. The van der Waals surface area contributed by atoms with Crippen LogP contribution >= 0.6 is 0 Å². The molecular formula is C19H19N3O2. The number of aromatic amines is 1. The zero-order chi connectivity index (χ0) is 16.9. The van der Waals surface area contributed by atoms with Gasteiger partial charge in [-0.25, -0.2) is 4.79 Å². The number of nitrogens with one attached hydrogen (secondary N) is 2. The van der Waals surface area contributed by atoms with Gasteiger partial charge in [-0.3, -0.25) is 4.99 Å². The van der Waals surface area contributed by atoms with E-state index in [1.54, 1.807) is 13.1 Å². The van der Waals surface area contributed by atoms with Crippen molar-refractivity contribution < 1.29 is 9.53 Å². The molecule has 0 aliphatic rings. The fourth-order valence-corrected chi connectivity index (χ4v) is 2.49. The van der Waals surface area contributed by atoms with E-state index in [9.17, 15) is 4.79 Å². The topological polar surface area (TPSA) is 66.5 Å². The lowest BCUT2D eigenvalue weighted by molar-refractivity contribution is 0.0521. The minimum absolute atomic E-state index is 0.322. The number of nitrogens with zero attached hydrogens (tertiary/aromatic N) is 1. The highest BCUT2D eigenvalue weighted by Gasteiger charge is 2.17. The van der Waals surface area contributed by atoms with Crippen LogP contribution in [0.25, 0.3) is 10.9 Å². The molecule has 0 radical (unpaired) electrons. The number of hydrogen-bond donors (Lipinski definition) is 2. The second kappa shape index (κ2) is 7.00. The normalized spacial score (nSPS) is 11.1. The Morgan fingerprint density at radius 1 is 1.21 bits per heavy atom. The lowest BCUT2D eigenvalue weighted by Crippen LogP contribution is -2.05. The fraction of sp³-hybridized carbons (Fsp3) is 0.158. The van der Waals surface area contributed by atoms with Gasteiger partial charge in [0.1, 0.15) is 5.69 Å². The third-order valence-corrected chi connectivity index (χ3v) is 3.70. The van der Waals surface area contributed by atoms with Crippen LogP contribution in [0, 0.1) is 0 Å². The highest BCUT2D eigenvalue weighted by atomic mass is 16.5. The number of aliphatic imine (C=N–C) groups is 1. The van der Waals surface area contributed by atoms with Crippen LogP contribution in [0.3, 0.4) is 0 Å². The number of para-hydroxylation sites is 1. The number of fused-ring (bicyclic) bond motifs is 1. The highest BCUT2D eigenvalue weighted by Crippen LogP contribution is 2.30. The van der Waals surface area contributed by atoms with Gasteiger partial charge in [-0.05, 0) is 30.7 Å². The van der Waals surface area contributed by atoms with Crippen molar-refractivity contribution in [3.63, 3.8) is 0 Å². The molecule has 24 heavy (non-hydrogen) atoms. The molecule has 2 N–H and O–H groups in total. The molecule has 5 nitrogen and oxygen atoms in total. The van der Waals surface area contributed by atoms with Gasteiger partial charge in [-0.2, -0.15) is 0 Å². The molecule has 3 aromatic rings. The molecule has 0 aliphatic heterocycles. The molecule has 0 fully saturated rings. The average molecular weight is 321 g/mol. The number of benzene rings is 2. The zero-order valence-electron chi connectivity index (χ0n) is 13.7. The van der Waals surface area contributed by atoms with Gasteiger partial charge in [0.25, 0.3) is 0 Å². The predicted molar refractivity (Wildman–Crippen MR) is 97.5 cm³/mol. The Morgan fingerprint density at radius 2 is 1.96 bits per heavy atom. The van der Waals surface area contributed by atoms with Crippen LogP contribution in [0.1, 0.15) is 23.0 Å². The number of aromatic nitrogens is 1. The van der Waals surface area contributed by atoms with Gasteiger partial charge in [-0.1, -0.05) is 30.3 Å². The van der Waals surface area contributed by atoms with E-state index < -0.39 is 5.97 Å². The Hall–Kier alpha value is -3.08. The maximum Gasteiger partial charge on any atom is 0.357 e. The molecule has 0 saturated heterocycles. The smallest absolute Gasteiger partial charge is 0.357 e. The maximum absolute atomic E-state index is 12.2. The second-order valence-electron chi connectivity index (χ2n) is 5.24. The van der Waals surface area contributed by atoms with E-state index in [1.165, 1.54) is 0 Å². The van der Waals surface area contributed by atoms with Gasteiger partial charge in [0.2, 0.25) is 0 Å². The van der Waals surface area contributed by atoms with E-state index in [4.69, 9.17) is 4.74 Å². The van der Waals surface area contributed by atoms with E-state index in [0.717, 1.165) is 22.2 Å². The Morgan fingerprint density at radius 3 is 2.67 bits per heavy atom. The van der Waals surface area contributed by atoms with Crippen LogP contribution in [0.2, 0.25) is 0 Å². The van der Waals surface area contributed by atoms with Gasteiger partial charge in [-0.15, -0.1) is 0 Å². The molecule has 3 rings (SSSR count). The number of rotatable bonds is 5. The summed E-state index contributed by atoms with van der Waals surface area (Å²) >= 11 is 0. The molecule has 5 heteroatoms. The van der Waals surface area contributed by atoms with E-state index in [-0.39, 0.29) is 0 Å². The summed E-state index contributed by atoms with van der Waals surface area (Å²) in [4.78, 5) is 19.8. The number of H-pyrrole nitrogens is 1. The first-order chi connectivity index (χ1) is 11.7. The first-order valence-electron chi connectivity index (χ1n) is 7.82. The SMILES string of the molecule is CCOC(=O)c1[nH]c2ccccc2c1N=Cc1ccc(NC)cc1. The van der Waals surface area contributed by atoms with Crippen molar-refractivity contribution in [2.75, 3.05) is 19.0 Å². The second-order valence-corrected chi connectivity index (χ2v) is 5.24. The Balaban J connectivity index is 2.01. The summed E-state index contributed by atoms with van der Waals surface area (Å²) in [6.07, 6.45) is 1.75. The quantitative estimate of drug-likeness (QED) is 0.548. The summed E-state index contributed by atoms with van der Waals surface area (Å²) in [5.41, 5.74) is 3.82. The van der Waals surface area contributed by atoms with Crippen LogP contribution in [-0.4, -0.2) is 30.8 Å². The number of esters is 1. The number of carbonyl (C=O) groups is 1. The lowest BCUT2D eigenvalue weighted by atomic mass is 10.2. The van der Waals surface area contributed by atoms with Crippen LogP contribution in [0.15, 0.2) is 53.5 Å². The van der Waals surface area contributed by atoms with E-state index in [1.807, 2.05) is 55.6 Å². The van der Waals surface area contributed by atoms with Crippen molar-refractivity contribution in [2.24, 2.45) is 4.99 Å². The van der Waals surface area contributed by atoms with Crippen molar-refractivity contribution in [3.05, 3.63) is 59.8 Å². The largest absolute Gasteiger partial charge is 0.461 e. The van der Waals surface area contributed by atoms with Crippen molar-refractivity contribution >= 4 is 34.5 Å². The van der Waals surface area contributed by atoms with Crippen LogP contribution in [0.4, 0.5) is 11.4 Å². The van der Waals surface area contributed by atoms with Crippen molar-refractivity contribution in [1.82, 2.24) is 4.98 Å². The molecule has 0 amide bonds. The predicted octanol–water partition coefficient (Wildman–Crippen LogP) is 4.14. The summed E-state index contributed by atoms with van der Waals surface area (Å²) in [6, 6.07) is 15.6. The van der Waals surface area contributed by atoms with Crippen molar-refractivity contribution in [3.8, 4) is 0 Å². The van der Waals surface area contributed by atoms with Crippen LogP contribution in [-0.2, 0) is 4.74 Å². The number of carbonyl (C=O) groups excluding carboxylic acids is 1. The third kappa shape index (κ3) is 3.15. The van der Waals surface area contributed by atoms with Gasteiger partial charge < -0.3 is 15.0 Å². The lowest BCUT2D eigenvalue weighted by Gasteiger charge is -2.01. The van der Waals surface area contributed by atoms with Crippen molar-refractivity contribution in [1.29, 1.82) is 0 Å². The molecule has 0 unspecified atom stereocenters. The van der Waals surface area contributed by atoms with Gasteiger partial charge in [0.15, 0.2) is 5.69 Å². The molecule has 122 valence electrons. The summed E-state index contributed by atoms with van der Waals surface area (Å²) in [6.45, 7) is 2.11. The summed E-state index contributed by atoms with van der Waals surface area (Å²) in [7, 11) is 1.88. The van der Waals surface area contributed by atoms with Gasteiger partial charge in [0, 0.05) is 29.9 Å². The molecule has 0 saturated carbocycles. The Labute approximate surface area is 140 Å². The third-order valence-electron chi connectivity index (χ3n) is 3.70. The van der Waals surface area contributed by atoms with E-state index in [0.29, 0.717) is 18.0 Å². The summed E-state index contributed by atoms with van der Waals surface area (Å²) in [5.74, 6) is -0.397. The van der Waals surface area contributed by atoms with Crippen LogP contribution < -0.4 is 5.32 Å². The van der Waals surface area contributed by atoms with Gasteiger partial charge in [0.05, 0.1) is 6.61 Å². The first-order valence-corrected chi connectivity index (χ1v) is 7.82. The minimum atomic E-state index is -0.397. The van der Waals surface area contributed by atoms with Gasteiger partial charge >= 0.3 is 5.97 Å². The monoisotopic (exact) mass is 321 g/mol. The molecule has 1 heterocycles. The molecule has 0 bridgehead atoms. The maximum atomic E-state index is 12.2. The number of hydrogen-bond acceptors (Lipinski definition) is 4. The molecule has 2 aromatic carbocycles. The first kappa shape index (κ1) is 15.8. The van der Waals surface area contributed by atoms with E-state index >= 15 is 0 Å². The fourth-order valence-electron chi connectivity index (χ4n) is 2.49. The van der Waals surface area contributed by atoms with E-state index in [2.05, 4.69) is 15.3 Å². The standard InChI is InChI=1S/C19H19N3O2/c1-3-24-19(23)18-17(15-6-4-5-7-16(15)22-18)21-12-13-8-10-14(20-2)11-9-13/h4-12,20,22H,3H2,1-2H3. The number of ether oxygens (including phenoxy) is 1. The summed E-state index contributed by atoms with van der Waals surface area (Å²) < 4.78 is 5.13. The molecular weight excluding hydrogens is 302 g/mol. The van der Waals surface area contributed by atoms with Crippen molar-refractivity contribution in [2.45, 2.75) is 6.92 Å². The molecule has 0 atom stereocenters. The molecule has 0 aliphatic carbocycles. The Kier molecular flexibility index (Phi) is 4.61. The Bertz CT molecular complexity index is 879. The number of anilines is 1. The average Bonchev–Trinajstić information content (AvgIpc) is 2.99. The zero-order valence-corrected chi connectivity index (χ0v) is 13.7. The summed E-state index contributed by atoms with van der Waals surface area (Å²) in [5, 5.41) is 3.97.